The lowest BCUT2D eigenvalue weighted by atomic mass is 9.77. The molecule has 0 bridgehead atoms. The van der Waals surface area contributed by atoms with E-state index in [2.05, 4.69) is 66.0 Å². The van der Waals surface area contributed by atoms with Crippen LogP contribution >= 0.6 is 0 Å². The normalized spacial score (nSPS) is 16.6. The van der Waals surface area contributed by atoms with Gasteiger partial charge in [0, 0.05) is 6.42 Å². The molecule has 0 fully saturated rings. The van der Waals surface area contributed by atoms with Crippen molar-refractivity contribution in [2.24, 2.45) is 17.8 Å². The second-order valence-electron chi connectivity index (χ2n) is 10.2. The fourth-order valence-electron chi connectivity index (χ4n) is 4.22. The zero-order valence-electron chi connectivity index (χ0n) is 23.3. The van der Waals surface area contributed by atoms with Crippen LogP contribution in [-0.4, -0.2) is 19.7 Å². The Morgan fingerprint density at radius 2 is 1.80 bits per heavy atom. The van der Waals surface area contributed by atoms with Crippen LogP contribution in [0.15, 0.2) is 83.2 Å². The van der Waals surface area contributed by atoms with Crippen molar-refractivity contribution in [3.05, 3.63) is 83.2 Å². The molecule has 1 aliphatic carbocycles. The number of hydrogen-bond donors (Lipinski definition) is 0. The average molecular weight is 481 g/mol. The average Bonchev–Trinajstić information content (AvgIpc) is 2.81. The van der Waals surface area contributed by atoms with Gasteiger partial charge in [-0.25, -0.2) is 0 Å². The van der Waals surface area contributed by atoms with Crippen molar-refractivity contribution in [1.29, 1.82) is 0 Å². The first-order valence-corrected chi connectivity index (χ1v) is 13.0. The first-order chi connectivity index (χ1) is 16.5. The van der Waals surface area contributed by atoms with Crippen molar-refractivity contribution in [2.75, 3.05) is 13.7 Å². The maximum absolute atomic E-state index is 12.8. The predicted molar refractivity (Wildman–Crippen MR) is 150 cm³/mol. The second kappa shape index (κ2) is 16.2. The van der Waals surface area contributed by atoms with E-state index >= 15 is 0 Å². The minimum Gasteiger partial charge on any atom is -0.501 e. The Balaban J connectivity index is 2.85. The Morgan fingerprint density at radius 3 is 2.37 bits per heavy atom. The summed E-state index contributed by atoms with van der Waals surface area (Å²) < 4.78 is 11.1. The number of carbonyl (C=O) groups is 1. The van der Waals surface area contributed by atoms with Gasteiger partial charge in [0.2, 0.25) is 0 Å². The van der Waals surface area contributed by atoms with Crippen LogP contribution in [0.1, 0.15) is 80.1 Å². The molecular formula is C32H48O3. The van der Waals surface area contributed by atoms with Gasteiger partial charge in [0.1, 0.15) is 0 Å². The first kappa shape index (κ1) is 30.5. The number of methoxy groups -OCH3 is 1. The molecule has 35 heavy (non-hydrogen) atoms. The predicted octanol–water partition coefficient (Wildman–Crippen LogP) is 8.83. The Bertz CT molecular complexity index is 874. The Hall–Kier alpha value is -2.55. The van der Waals surface area contributed by atoms with E-state index in [1.54, 1.807) is 7.11 Å². The molecule has 0 saturated carbocycles. The molecule has 0 saturated heterocycles. The number of carbonyl (C=O) groups excluding carboxylic acids is 1. The second-order valence-corrected chi connectivity index (χ2v) is 10.2. The summed E-state index contributed by atoms with van der Waals surface area (Å²) >= 11 is 0. The van der Waals surface area contributed by atoms with E-state index in [4.69, 9.17) is 9.47 Å². The fourth-order valence-corrected chi connectivity index (χ4v) is 4.22. The fraction of sp³-hybridized carbons (Fsp3) is 0.531. The molecular weight excluding hydrogens is 432 g/mol. The summed E-state index contributed by atoms with van der Waals surface area (Å²) in [6.07, 6.45) is 17.7. The van der Waals surface area contributed by atoms with Crippen molar-refractivity contribution >= 4 is 5.97 Å². The number of rotatable bonds is 15. The lowest BCUT2D eigenvalue weighted by Crippen LogP contribution is -2.22. The molecule has 0 spiro atoms. The van der Waals surface area contributed by atoms with Gasteiger partial charge in [-0.05, 0) is 88.4 Å². The molecule has 0 amide bonds. The number of ether oxygens (including phenoxy) is 2. The third-order valence-corrected chi connectivity index (χ3v) is 6.74. The van der Waals surface area contributed by atoms with Gasteiger partial charge in [0.05, 0.1) is 25.9 Å². The van der Waals surface area contributed by atoms with Gasteiger partial charge in [0.15, 0.2) is 0 Å². The Morgan fingerprint density at radius 1 is 1.09 bits per heavy atom. The molecule has 0 radical (unpaired) electrons. The summed E-state index contributed by atoms with van der Waals surface area (Å²) in [7, 11) is 1.71. The molecule has 0 aromatic heterocycles. The zero-order chi connectivity index (χ0) is 26.4. The van der Waals surface area contributed by atoms with Gasteiger partial charge in [-0.1, -0.05) is 74.1 Å². The standard InChI is InChI=1S/C32H48O3/c1-23(2)12-10-14-25(5)20-21-35-32(33)22-31(26(6)15-11-13-24(3)4)28(8)27(7)29-16-18-30(34-9)19-17-29/h11-13,15-16,18,25,28,31H,3,7,10,14,17,19-22H2,1-2,4-6,8-9H3. The summed E-state index contributed by atoms with van der Waals surface area (Å²) in [6, 6.07) is 0. The molecule has 1 aliphatic rings. The van der Waals surface area contributed by atoms with Crippen molar-refractivity contribution in [3.63, 3.8) is 0 Å². The molecule has 194 valence electrons. The highest BCUT2D eigenvalue weighted by molar-refractivity contribution is 5.70. The molecule has 1 rings (SSSR count). The Labute approximate surface area is 215 Å². The quantitative estimate of drug-likeness (QED) is 0.133. The first-order valence-electron chi connectivity index (χ1n) is 13.0. The van der Waals surface area contributed by atoms with Crippen LogP contribution in [0.25, 0.3) is 0 Å². The smallest absolute Gasteiger partial charge is 0.306 e. The third kappa shape index (κ3) is 12.1. The van der Waals surface area contributed by atoms with Crippen LogP contribution in [0.4, 0.5) is 0 Å². The molecule has 3 atom stereocenters. The monoisotopic (exact) mass is 480 g/mol. The van der Waals surface area contributed by atoms with E-state index in [0.29, 0.717) is 18.9 Å². The van der Waals surface area contributed by atoms with E-state index in [-0.39, 0.29) is 17.8 Å². The van der Waals surface area contributed by atoms with Crippen LogP contribution < -0.4 is 0 Å². The molecule has 3 heteroatoms. The van der Waals surface area contributed by atoms with Gasteiger partial charge >= 0.3 is 5.97 Å². The molecule has 0 aromatic carbocycles. The van der Waals surface area contributed by atoms with Crippen molar-refractivity contribution in [1.82, 2.24) is 0 Å². The lowest BCUT2D eigenvalue weighted by molar-refractivity contribution is -0.145. The minimum absolute atomic E-state index is 0.0218. The van der Waals surface area contributed by atoms with Gasteiger partial charge in [-0.15, -0.1) is 0 Å². The van der Waals surface area contributed by atoms with Crippen LogP contribution in [0.2, 0.25) is 0 Å². The van der Waals surface area contributed by atoms with Gasteiger partial charge in [-0.3, -0.25) is 4.79 Å². The van der Waals surface area contributed by atoms with Gasteiger partial charge in [-0.2, -0.15) is 0 Å². The van der Waals surface area contributed by atoms with Crippen LogP contribution in [-0.2, 0) is 14.3 Å². The van der Waals surface area contributed by atoms with Gasteiger partial charge in [0.25, 0.3) is 0 Å². The maximum atomic E-state index is 12.8. The number of esters is 1. The molecule has 0 N–H and O–H groups in total. The van der Waals surface area contributed by atoms with E-state index in [0.717, 1.165) is 54.6 Å². The Kier molecular flexibility index (Phi) is 14.1. The van der Waals surface area contributed by atoms with Crippen LogP contribution in [0.3, 0.4) is 0 Å². The highest BCUT2D eigenvalue weighted by Crippen LogP contribution is 2.36. The lowest BCUT2D eigenvalue weighted by Gasteiger charge is -2.28. The van der Waals surface area contributed by atoms with Crippen molar-refractivity contribution < 1.29 is 14.3 Å². The van der Waals surface area contributed by atoms with E-state index in [9.17, 15) is 4.79 Å². The van der Waals surface area contributed by atoms with E-state index in [1.807, 2.05) is 25.2 Å². The topological polar surface area (TPSA) is 35.5 Å². The van der Waals surface area contributed by atoms with Crippen LogP contribution in [0, 0.1) is 17.8 Å². The molecule has 3 unspecified atom stereocenters. The van der Waals surface area contributed by atoms with Crippen molar-refractivity contribution in [2.45, 2.75) is 80.1 Å². The SMILES string of the molecule is C=C(C)C=CC=C(C)C(CC(=O)OCCC(C)CCC=C(C)C)C(C)C(=C)C1=CC=C(OC)CC1. The highest BCUT2D eigenvalue weighted by Gasteiger charge is 2.27. The summed E-state index contributed by atoms with van der Waals surface area (Å²) in [6.45, 7) is 21.5. The molecule has 3 nitrogen and oxygen atoms in total. The third-order valence-electron chi connectivity index (χ3n) is 6.74. The summed E-state index contributed by atoms with van der Waals surface area (Å²) in [5, 5.41) is 0. The highest BCUT2D eigenvalue weighted by atomic mass is 16.5. The van der Waals surface area contributed by atoms with E-state index < -0.39 is 0 Å². The maximum Gasteiger partial charge on any atom is 0.306 e. The number of allylic oxidation sites excluding steroid dienone is 12. The summed E-state index contributed by atoms with van der Waals surface area (Å²) in [5.74, 6) is 1.52. The van der Waals surface area contributed by atoms with Gasteiger partial charge < -0.3 is 9.47 Å². The van der Waals surface area contributed by atoms with E-state index in [1.165, 1.54) is 11.1 Å². The number of hydrogen-bond acceptors (Lipinski definition) is 3. The molecule has 0 aromatic rings. The van der Waals surface area contributed by atoms with Crippen molar-refractivity contribution in [3.8, 4) is 0 Å². The zero-order valence-corrected chi connectivity index (χ0v) is 23.3. The summed E-state index contributed by atoms with van der Waals surface area (Å²) in [4.78, 5) is 12.8. The molecule has 0 heterocycles. The minimum atomic E-state index is -0.137. The molecule has 0 aliphatic heterocycles. The summed E-state index contributed by atoms with van der Waals surface area (Å²) in [5.41, 5.74) is 5.80. The largest absolute Gasteiger partial charge is 0.501 e. The van der Waals surface area contributed by atoms with Crippen LogP contribution in [0.5, 0.6) is 0 Å².